The first-order chi connectivity index (χ1) is 12.0. The lowest BCUT2D eigenvalue weighted by Gasteiger charge is -2.10. The molecule has 2 amide bonds. The van der Waals surface area contributed by atoms with Gasteiger partial charge in [-0.3, -0.25) is 9.59 Å². The summed E-state index contributed by atoms with van der Waals surface area (Å²) in [5, 5.41) is 14.3. The summed E-state index contributed by atoms with van der Waals surface area (Å²) in [5.74, 6) is -0.333. The molecular formula is C18H20N2O5. The summed E-state index contributed by atoms with van der Waals surface area (Å²) in [6, 6.07) is 11.5. The number of amides is 2. The second-order valence-corrected chi connectivity index (χ2v) is 5.20. The summed E-state index contributed by atoms with van der Waals surface area (Å²) in [7, 11) is 3.00. The topological polar surface area (TPSA) is 96.9 Å². The van der Waals surface area contributed by atoms with Crippen molar-refractivity contribution in [2.75, 3.05) is 26.1 Å². The molecule has 0 spiro atoms. The first-order valence-corrected chi connectivity index (χ1v) is 7.62. The van der Waals surface area contributed by atoms with Crippen LogP contribution >= 0.6 is 0 Å². The van der Waals surface area contributed by atoms with Crippen LogP contribution in [0.25, 0.3) is 0 Å². The average Bonchev–Trinajstić information content (AvgIpc) is 2.63. The van der Waals surface area contributed by atoms with Gasteiger partial charge >= 0.3 is 11.8 Å². The fourth-order valence-corrected chi connectivity index (χ4v) is 2.17. The Morgan fingerprint density at radius 3 is 2.28 bits per heavy atom. The highest BCUT2D eigenvalue weighted by Gasteiger charge is 2.14. The molecule has 7 nitrogen and oxygen atoms in total. The summed E-state index contributed by atoms with van der Waals surface area (Å²) in [5.41, 5.74) is 1.37. The molecule has 0 saturated carbocycles. The molecule has 0 bridgehead atoms. The van der Waals surface area contributed by atoms with Crippen molar-refractivity contribution in [1.29, 1.82) is 0 Å². The zero-order chi connectivity index (χ0) is 18.2. The second kappa shape index (κ2) is 8.58. The molecule has 0 heterocycles. The van der Waals surface area contributed by atoms with Crippen LogP contribution in [-0.2, 0) is 16.0 Å². The van der Waals surface area contributed by atoms with Crippen molar-refractivity contribution in [3.05, 3.63) is 48.0 Å². The molecule has 25 heavy (non-hydrogen) atoms. The van der Waals surface area contributed by atoms with E-state index in [9.17, 15) is 14.7 Å². The lowest BCUT2D eigenvalue weighted by Crippen LogP contribution is -2.36. The summed E-state index contributed by atoms with van der Waals surface area (Å²) in [4.78, 5) is 23.8. The quantitative estimate of drug-likeness (QED) is 0.693. The lowest BCUT2D eigenvalue weighted by atomic mass is 10.1. The number of methoxy groups -OCH3 is 2. The molecule has 3 N–H and O–H groups in total. The van der Waals surface area contributed by atoms with E-state index in [-0.39, 0.29) is 5.75 Å². The van der Waals surface area contributed by atoms with Crippen molar-refractivity contribution in [3.63, 3.8) is 0 Å². The molecule has 0 atom stereocenters. The third kappa shape index (κ3) is 5.13. The minimum Gasteiger partial charge on any atom is -0.508 e. The molecule has 132 valence electrons. The van der Waals surface area contributed by atoms with Gasteiger partial charge in [0.15, 0.2) is 11.5 Å². The minimum absolute atomic E-state index is 0.182. The molecule has 2 aromatic carbocycles. The maximum absolute atomic E-state index is 11.9. The largest absolute Gasteiger partial charge is 0.508 e. The van der Waals surface area contributed by atoms with Crippen LogP contribution < -0.4 is 20.1 Å². The summed E-state index contributed by atoms with van der Waals surface area (Å²) < 4.78 is 10.3. The number of nitrogens with one attached hydrogen (secondary N) is 2. The number of aromatic hydroxyl groups is 1. The van der Waals surface area contributed by atoms with Crippen LogP contribution in [0.1, 0.15) is 5.56 Å². The van der Waals surface area contributed by atoms with Gasteiger partial charge in [0, 0.05) is 18.3 Å². The van der Waals surface area contributed by atoms with Gasteiger partial charge in [-0.05, 0) is 36.2 Å². The molecule has 2 aromatic rings. The third-order valence-electron chi connectivity index (χ3n) is 3.48. The SMILES string of the molecule is COc1ccc(NC(=O)C(=O)NCCc2ccc(O)cc2)cc1OC. The number of benzene rings is 2. The number of ether oxygens (including phenoxy) is 2. The van der Waals surface area contributed by atoms with E-state index in [1.807, 2.05) is 0 Å². The normalized spacial score (nSPS) is 10.0. The van der Waals surface area contributed by atoms with E-state index in [0.717, 1.165) is 5.56 Å². The van der Waals surface area contributed by atoms with Crippen LogP contribution in [0, 0.1) is 0 Å². The van der Waals surface area contributed by atoms with Crippen molar-refractivity contribution < 1.29 is 24.2 Å². The Labute approximate surface area is 145 Å². The van der Waals surface area contributed by atoms with Crippen LogP contribution in [0.15, 0.2) is 42.5 Å². The van der Waals surface area contributed by atoms with Gasteiger partial charge in [0.25, 0.3) is 0 Å². The Kier molecular flexibility index (Phi) is 6.22. The van der Waals surface area contributed by atoms with E-state index in [4.69, 9.17) is 9.47 Å². The molecule has 0 aliphatic heterocycles. The first kappa shape index (κ1) is 18.1. The maximum atomic E-state index is 11.9. The van der Waals surface area contributed by atoms with E-state index in [0.29, 0.717) is 30.2 Å². The third-order valence-corrected chi connectivity index (χ3v) is 3.48. The molecule has 0 aromatic heterocycles. The van der Waals surface area contributed by atoms with Crippen LogP contribution in [0.2, 0.25) is 0 Å². The first-order valence-electron chi connectivity index (χ1n) is 7.62. The van der Waals surface area contributed by atoms with E-state index < -0.39 is 11.8 Å². The van der Waals surface area contributed by atoms with E-state index in [2.05, 4.69) is 10.6 Å². The van der Waals surface area contributed by atoms with Crippen molar-refractivity contribution in [2.24, 2.45) is 0 Å². The van der Waals surface area contributed by atoms with Gasteiger partial charge in [0.1, 0.15) is 5.75 Å². The Hall–Kier alpha value is -3.22. The predicted molar refractivity (Wildman–Crippen MR) is 93.0 cm³/mol. The average molecular weight is 344 g/mol. The van der Waals surface area contributed by atoms with Gasteiger partial charge < -0.3 is 25.2 Å². The van der Waals surface area contributed by atoms with Crippen molar-refractivity contribution >= 4 is 17.5 Å². The van der Waals surface area contributed by atoms with E-state index in [1.165, 1.54) is 14.2 Å². The van der Waals surface area contributed by atoms with Crippen LogP contribution in [0.3, 0.4) is 0 Å². The number of carbonyl (C=O) groups is 2. The zero-order valence-corrected chi connectivity index (χ0v) is 14.0. The van der Waals surface area contributed by atoms with Crippen molar-refractivity contribution in [3.8, 4) is 17.2 Å². The predicted octanol–water partition coefficient (Wildman–Crippen LogP) is 1.71. The fourth-order valence-electron chi connectivity index (χ4n) is 2.17. The molecule has 2 rings (SSSR count). The Morgan fingerprint density at radius 2 is 1.64 bits per heavy atom. The van der Waals surface area contributed by atoms with E-state index in [1.54, 1.807) is 42.5 Å². The van der Waals surface area contributed by atoms with Gasteiger partial charge in [0.2, 0.25) is 0 Å². The molecule has 0 aliphatic rings. The fraction of sp³-hybridized carbons (Fsp3) is 0.222. The number of carbonyl (C=O) groups excluding carboxylic acids is 2. The van der Waals surface area contributed by atoms with Gasteiger partial charge in [-0.15, -0.1) is 0 Å². The smallest absolute Gasteiger partial charge is 0.313 e. The highest BCUT2D eigenvalue weighted by molar-refractivity contribution is 6.39. The standard InChI is InChI=1S/C18H20N2O5/c1-24-15-8-5-13(11-16(15)25-2)20-18(23)17(22)19-10-9-12-3-6-14(21)7-4-12/h3-8,11,21H,9-10H2,1-2H3,(H,19,22)(H,20,23). The molecule has 0 fully saturated rings. The molecule has 0 radical (unpaired) electrons. The highest BCUT2D eigenvalue weighted by Crippen LogP contribution is 2.29. The Morgan fingerprint density at radius 1 is 0.960 bits per heavy atom. The zero-order valence-electron chi connectivity index (χ0n) is 14.0. The maximum Gasteiger partial charge on any atom is 0.313 e. The van der Waals surface area contributed by atoms with Crippen LogP contribution in [-0.4, -0.2) is 37.7 Å². The Bertz CT molecular complexity index is 744. The summed E-state index contributed by atoms with van der Waals surface area (Å²) in [6.45, 7) is 0.308. The molecule has 0 saturated heterocycles. The molecule has 0 unspecified atom stereocenters. The number of phenols is 1. The van der Waals surface area contributed by atoms with E-state index >= 15 is 0 Å². The molecule has 0 aliphatic carbocycles. The van der Waals surface area contributed by atoms with Gasteiger partial charge in [-0.2, -0.15) is 0 Å². The molecule has 7 heteroatoms. The number of hydrogen-bond acceptors (Lipinski definition) is 5. The Balaban J connectivity index is 1.85. The molecular weight excluding hydrogens is 324 g/mol. The monoisotopic (exact) mass is 344 g/mol. The number of phenolic OH excluding ortho intramolecular Hbond substituents is 1. The number of anilines is 1. The van der Waals surface area contributed by atoms with Crippen molar-refractivity contribution in [1.82, 2.24) is 5.32 Å². The highest BCUT2D eigenvalue weighted by atomic mass is 16.5. The van der Waals surface area contributed by atoms with Gasteiger partial charge in [-0.25, -0.2) is 0 Å². The van der Waals surface area contributed by atoms with Crippen molar-refractivity contribution in [2.45, 2.75) is 6.42 Å². The minimum atomic E-state index is -0.766. The summed E-state index contributed by atoms with van der Waals surface area (Å²) in [6.07, 6.45) is 0.551. The second-order valence-electron chi connectivity index (χ2n) is 5.20. The summed E-state index contributed by atoms with van der Waals surface area (Å²) >= 11 is 0. The lowest BCUT2D eigenvalue weighted by molar-refractivity contribution is -0.136. The van der Waals surface area contributed by atoms with Crippen LogP contribution in [0.5, 0.6) is 17.2 Å². The number of hydrogen-bond donors (Lipinski definition) is 3. The number of rotatable bonds is 6. The van der Waals surface area contributed by atoms with Gasteiger partial charge in [0.05, 0.1) is 14.2 Å². The van der Waals surface area contributed by atoms with Gasteiger partial charge in [-0.1, -0.05) is 12.1 Å². The van der Waals surface area contributed by atoms with Crippen LogP contribution in [0.4, 0.5) is 5.69 Å².